The molecule has 0 radical (unpaired) electrons. The number of aliphatic hydroxyl groups is 1. The predicted octanol–water partition coefficient (Wildman–Crippen LogP) is 2.41. The van der Waals surface area contributed by atoms with E-state index in [1.165, 1.54) is 0 Å². The van der Waals surface area contributed by atoms with E-state index in [2.05, 4.69) is 24.5 Å². The van der Waals surface area contributed by atoms with Crippen molar-refractivity contribution in [2.75, 3.05) is 6.54 Å². The van der Waals surface area contributed by atoms with Gasteiger partial charge in [0.1, 0.15) is 23.7 Å². The van der Waals surface area contributed by atoms with Crippen LogP contribution in [0.4, 0.5) is 4.79 Å². The Balaban J connectivity index is 2.43. The maximum absolute atomic E-state index is 11.7. The minimum atomic E-state index is -0.500. The summed E-state index contributed by atoms with van der Waals surface area (Å²) < 4.78 is 10.7. The van der Waals surface area contributed by atoms with Gasteiger partial charge in [-0.25, -0.2) is 4.79 Å². The third kappa shape index (κ3) is 6.95. The highest BCUT2D eigenvalue weighted by atomic mass is 16.6. The molecule has 1 unspecified atom stereocenters. The van der Waals surface area contributed by atoms with Gasteiger partial charge in [0.05, 0.1) is 6.54 Å². The number of hydrogen-bond acceptors (Lipinski definition) is 5. The van der Waals surface area contributed by atoms with Crippen molar-refractivity contribution in [2.45, 2.75) is 59.4 Å². The van der Waals surface area contributed by atoms with E-state index >= 15 is 0 Å². The number of hydrogen-bond donors (Lipinski definition) is 3. The normalized spacial score (nSPS) is 13.2. The van der Waals surface area contributed by atoms with Crippen LogP contribution in [-0.4, -0.2) is 29.4 Å². The van der Waals surface area contributed by atoms with E-state index in [9.17, 15) is 4.79 Å². The maximum Gasteiger partial charge on any atom is 0.407 e. The van der Waals surface area contributed by atoms with E-state index in [1.807, 2.05) is 26.8 Å². The lowest BCUT2D eigenvalue weighted by Gasteiger charge is -2.24. The van der Waals surface area contributed by atoms with Crippen molar-refractivity contribution in [3.8, 4) is 0 Å². The zero-order valence-corrected chi connectivity index (χ0v) is 14.1. The van der Waals surface area contributed by atoms with Crippen molar-refractivity contribution in [1.29, 1.82) is 0 Å². The molecule has 3 N–H and O–H groups in total. The van der Waals surface area contributed by atoms with Gasteiger partial charge >= 0.3 is 6.09 Å². The molecule has 0 fully saturated rings. The number of aliphatic hydroxyl groups excluding tert-OH is 1. The summed E-state index contributed by atoms with van der Waals surface area (Å²) in [6, 6.07) is 3.67. The lowest BCUT2D eigenvalue weighted by Crippen LogP contribution is -2.45. The second kappa shape index (κ2) is 8.19. The van der Waals surface area contributed by atoms with Crippen LogP contribution in [0.2, 0.25) is 0 Å². The van der Waals surface area contributed by atoms with Crippen LogP contribution in [0, 0.1) is 5.92 Å². The molecule has 0 aliphatic rings. The summed E-state index contributed by atoms with van der Waals surface area (Å²) in [5.74, 6) is 1.64. The molecular weight excluding hydrogens is 284 g/mol. The van der Waals surface area contributed by atoms with E-state index in [4.69, 9.17) is 14.3 Å². The highest BCUT2D eigenvalue weighted by Crippen LogP contribution is 2.10. The van der Waals surface area contributed by atoms with Gasteiger partial charge in [-0.2, -0.15) is 0 Å². The molecule has 0 saturated heterocycles. The molecule has 6 heteroatoms. The summed E-state index contributed by atoms with van der Waals surface area (Å²) in [6.07, 6.45) is -0.416. The van der Waals surface area contributed by atoms with Gasteiger partial charge in [0.2, 0.25) is 0 Å². The van der Waals surface area contributed by atoms with Crippen molar-refractivity contribution in [2.24, 2.45) is 5.92 Å². The molecule has 1 heterocycles. The standard InChI is InChI=1S/C16H28N2O4/c1-11(2)14(9-18-15(20)22-16(3,4)5)17-8-12-6-7-13(10-19)21-12/h6-7,11,14,17,19H,8-10H2,1-5H3,(H,18,20). The predicted molar refractivity (Wildman–Crippen MR) is 84.3 cm³/mol. The molecule has 1 aromatic rings. The molecule has 22 heavy (non-hydrogen) atoms. The van der Waals surface area contributed by atoms with Gasteiger partial charge in [-0.15, -0.1) is 0 Å². The molecular formula is C16H28N2O4. The molecule has 0 bridgehead atoms. The van der Waals surface area contributed by atoms with Crippen molar-refractivity contribution in [1.82, 2.24) is 10.6 Å². The zero-order chi connectivity index (χ0) is 16.8. The minimum Gasteiger partial charge on any atom is -0.462 e. The van der Waals surface area contributed by atoms with Crippen molar-refractivity contribution >= 4 is 6.09 Å². The number of nitrogens with one attached hydrogen (secondary N) is 2. The fourth-order valence-electron chi connectivity index (χ4n) is 1.89. The Morgan fingerprint density at radius 1 is 1.32 bits per heavy atom. The van der Waals surface area contributed by atoms with Gasteiger partial charge in [-0.05, 0) is 38.8 Å². The van der Waals surface area contributed by atoms with Crippen LogP contribution in [-0.2, 0) is 17.9 Å². The Kier molecular flexibility index (Phi) is 6.90. The van der Waals surface area contributed by atoms with Gasteiger partial charge in [0.25, 0.3) is 0 Å². The first-order chi connectivity index (χ1) is 10.2. The van der Waals surface area contributed by atoms with Crippen molar-refractivity contribution in [3.63, 3.8) is 0 Å². The molecule has 126 valence electrons. The molecule has 1 rings (SSSR count). The van der Waals surface area contributed by atoms with Crippen LogP contribution in [0.3, 0.4) is 0 Å². The Morgan fingerprint density at radius 2 is 1.95 bits per heavy atom. The fraction of sp³-hybridized carbons (Fsp3) is 0.688. The summed E-state index contributed by atoms with van der Waals surface area (Å²) in [5, 5.41) is 15.1. The van der Waals surface area contributed by atoms with E-state index in [1.54, 1.807) is 6.07 Å². The smallest absolute Gasteiger partial charge is 0.407 e. The monoisotopic (exact) mass is 312 g/mol. The topological polar surface area (TPSA) is 83.7 Å². The van der Waals surface area contributed by atoms with Crippen molar-refractivity contribution in [3.05, 3.63) is 23.7 Å². The second-order valence-corrected chi connectivity index (χ2v) is 6.64. The van der Waals surface area contributed by atoms with Gasteiger partial charge in [0, 0.05) is 12.6 Å². The van der Waals surface area contributed by atoms with Crippen LogP contribution in [0.1, 0.15) is 46.1 Å². The summed E-state index contributed by atoms with van der Waals surface area (Å²) >= 11 is 0. The van der Waals surface area contributed by atoms with E-state index in [0.29, 0.717) is 24.8 Å². The number of alkyl carbamates (subject to hydrolysis) is 1. The summed E-state index contributed by atoms with van der Waals surface area (Å²) in [5.41, 5.74) is -0.500. The van der Waals surface area contributed by atoms with Crippen LogP contribution in [0.5, 0.6) is 0 Å². The SMILES string of the molecule is CC(C)C(CNC(=O)OC(C)(C)C)NCc1ccc(CO)o1. The van der Waals surface area contributed by atoms with Gasteiger partial charge in [-0.3, -0.25) is 0 Å². The quantitative estimate of drug-likeness (QED) is 0.720. The third-order valence-electron chi connectivity index (χ3n) is 3.08. The largest absolute Gasteiger partial charge is 0.462 e. The van der Waals surface area contributed by atoms with E-state index < -0.39 is 11.7 Å². The fourth-order valence-corrected chi connectivity index (χ4v) is 1.89. The molecule has 1 atom stereocenters. The first-order valence-electron chi connectivity index (χ1n) is 7.60. The number of ether oxygens (including phenoxy) is 1. The van der Waals surface area contributed by atoms with Crippen LogP contribution in [0.25, 0.3) is 0 Å². The Morgan fingerprint density at radius 3 is 2.45 bits per heavy atom. The summed E-state index contributed by atoms with van der Waals surface area (Å²) in [4.78, 5) is 11.7. The highest BCUT2D eigenvalue weighted by Gasteiger charge is 2.19. The van der Waals surface area contributed by atoms with E-state index in [0.717, 1.165) is 5.76 Å². The number of carbonyl (C=O) groups excluding carboxylic acids is 1. The first kappa shape index (κ1) is 18.5. The summed E-state index contributed by atoms with van der Waals surface area (Å²) in [7, 11) is 0. The minimum absolute atomic E-state index is 0.0928. The Bertz CT molecular complexity index is 463. The number of carbonyl (C=O) groups is 1. The Labute approximate surface area is 132 Å². The molecule has 0 aromatic carbocycles. The number of amides is 1. The Hall–Kier alpha value is -1.53. The average molecular weight is 312 g/mol. The molecule has 1 aromatic heterocycles. The molecule has 0 aliphatic heterocycles. The molecule has 0 aliphatic carbocycles. The lowest BCUT2D eigenvalue weighted by atomic mass is 10.0. The van der Waals surface area contributed by atoms with E-state index in [-0.39, 0.29) is 12.6 Å². The van der Waals surface area contributed by atoms with Gasteiger partial charge in [-0.1, -0.05) is 13.8 Å². The van der Waals surface area contributed by atoms with Crippen LogP contribution in [0.15, 0.2) is 16.5 Å². The van der Waals surface area contributed by atoms with Crippen LogP contribution < -0.4 is 10.6 Å². The second-order valence-electron chi connectivity index (χ2n) is 6.64. The third-order valence-corrected chi connectivity index (χ3v) is 3.08. The van der Waals surface area contributed by atoms with Crippen molar-refractivity contribution < 1.29 is 19.1 Å². The number of rotatable bonds is 7. The average Bonchev–Trinajstić information content (AvgIpc) is 2.84. The first-order valence-corrected chi connectivity index (χ1v) is 7.60. The van der Waals surface area contributed by atoms with Gasteiger partial charge < -0.3 is 24.9 Å². The zero-order valence-electron chi connectivity index (χ0n) is 14.1. The molecule has 0 spiro atoms. The maximum atomic E-state index is 11.7. The molecule has 6 nitrogen and oxygen atoms in total. The summed E-state index contributed by atoms with van der Waals surface area (Å²) in [6.45, 7) is 10.6. The lowest BCUT2D eigenvalue weighted by molar-refractivity contribution is 0.0519. The van der Waals surface area contributed by atoms with Crippen LogP contribution >= 0.6 is 0 Å². The molecule has 0 saturated carbocycles. The van der Waals surface area contributed by atoms with Gasteiger partial charge in [0.15, 0.2) is 0 Å². The number of furan rings is 1. The highest BCUT2D eigenvalue weighted by molar-refractivity contribution is 5.67. The molecule has 1 amide bonds.